The summed E-state index contributed by atoms with van der Waals surface area (Å²) in [5, 5.41) is 4.25. The number of aryl methyl sites for hydroxylation is 3. The molecule has 3 rings (SSSR count). The summed E-state index contributed by atoms with van der Waals surface area (Å²) >= 11 is 6.17. The summed E-state index contributed by atoms with van der Waals surface area (Å²) in [4.78, 5) is 0. The number of halogens is 1. The molecule has 21 heavy (non-hydrogen) atoms. The average Bonchev–Trinajstić information content (AvgIpc) is 2.95. The number of nitrogens with one attached hydrogen (secondary N) is 1. The number of hydrogen-bond acceptors (Lipinski definition) is 1. The summed E-state index contributed by atoms with van der Waals surface area (Å²) in [5.74, 6) is 0. The fraction of sp³-hybridized carbons (Fsp3) is 0.368. The van der Waals surface area contributed by atoms with Gasteiger partial charge in [-0.2, -0.15) is 0 Å². The van der Waals surface area contributed by atoms with Crippen LogP contribution in [0.25, 0.3) is 0 Å². The Bertz CT molecular complexity index is 648. The second-order valence-corrected chi connectivity index (χ2v) is 6.44. The topological polar surface area (TPSA) is 12.0 Å². The molecule has 0 fully saturated rings. The number of hydrogen-bond donors (Lipinski definition) is 1. The quantitative estimate of drug-likeness (QED) is 0.867. The fourth-order valence-electron chi connectivity index (χ4n) is 3.34. The molecular formula is C19H22ClN. The van der Waals surface area contributed by atoms with Gasteiger partial charge in [-0.05, 0) is 79.6 Å². The lowest BCUT2D eigenvalue weighted by molar-refractivity contribution is 0.589. The van der Waals surface area contributed by atoms with Crippen LogP contribution in [0.4, 0.5) is 0 Å². The van der Waals surface area contributed by atoms with E-state index in [4.69, 9.17) is 11.6 Å². The van der Waals surface area contributed by atoms with Gasteiger partial charge in [0, 0.05) is 11.1 Å². The van der Waals surface area contributed by atoms with E-state index in [9.17, 15) is 0 Å². The van der Waals surface area contributed by atoms with Crippen molar-refractivity contribution in [3.63, 3.8) is 0 Å². The molecule has 2 aromatic carbocycles. The Morgan fingerprint density at radius 1 is 1.10 bits per heavy atom. The maximum atomic E-state index is 6.17. The van der Waals surface area contributed by atoms with Crippen molar-refractivity contribution in [3.8, 4) is 0 Å². The van der Waals surface area contributed by atoms with Crippen LogP contribution in [0.2, 0.25) is 5.02 Å². The molecule has 2 heteroatoms. The van der Waals surface area contributed by atoms with Crippen LogP contribution >= 0.6 is 11.6 Å². The summed E-state index contributed by atoms with van der Waals surface area (Å²) < 4.78 is 0. The maximum Gasteiger partial charge on any atom is 0.0409 e. The fourth-order valence-corrected chi connectivity index (χ4v) is 3.52. The van der Waals surface area contributed by atoms with E-state index in [1.165, 1.54) is 36.0 Å². The highest BCUT2D eigenvalue weighted by molar-refractivity contribution is 6.30. The van der Waals surface area contributed by atoms with Crippen LogP contribution in [-0.2, 0) is 19.3 Å². The molecule has 1 aliphatic rings. The lowest BCUT2D eigenvalue weighted by Crippen LogP contribution is -2.20. The first-order chi connectivity index (χ1) is 10.2. The molecule has 1 unspecified atom stereocenters. The number of likely N-dealkylation sites (N-methyl/N-ethyl adjacent to an activating group) is 1. The predicted octanol–water partition coefficient (Wildman–Crippen LogP) is 4.64. The van der Waals surface area contributed by atoms with Crippen molar-refractivity contribution in [1.82, 2.24) is 5.32 Å². The van der Waals surface area contributed by atoms with E-state index in [0.717, 1.165) is 11.4 Å². The van der Waals surface area contributed by atoms with Gasteiger partial charge in [0.15, 0.2) is 0 Å². The first-order valence-corrected chi connectivity index (χ1v) is 8.09. The smallest absolute Gasteiger partial charge is 0.0409 e. The average molecular weight is 300 g/mol. The van der Waals surface area contributed by atoms with E-state index in [1.54, 1.807) is 11.1 Å². The molecule has 0 heterocycles. The van der Waals surface area contributed by atoms with Gasteiger partial charge in [0.1, 0.15) is 0 Å². The summed E-state index contributed by atoms with van der Waals surface area (Å²) in [7, 11) is 2.03. The first-order valence-electron chi connectivity index (χ1n) is 7.71. The zero-order chi connectivity index (χ0) is 14.8. The van der Waals surface area contributed by atoms with Crippen LogP contribution in [0.3, 0.4) is 0 Å². The van der Waals surface area contributed by atoms with Crippen molar-refractivity contribution in [3.05, 3.63) is 69.2 Å². The molecule has 0 saturated carbocycles. The second-order valence-electron chi connectivity index (χ2n) is 6.00. The number of rotatable bonds is 4. The van der Waals surface area contributed by atoms with Crippen LogP contribution < -0.4 is 5.32 Å². The van der Waals surface area contributed by atoms with Crippen molar-refractivity contribution in [2.24, 2.45) is 0 Å². The number of fused-ring (bicyclic) bond motifs is 1. The maximum absolute atomic E-state index is 6.17. The van der Waals surface area contributed by atoms with Gasteiger partial charge in [-0.3, -0.25) is 0 Å². The molecule has 1 aliphatic carbocycles. The van der Waals surface area contributed by atoms with E-state index in [2.05, 4.69) is 42.6 Å². The third-order valence-corrected chi connectivity index (χ3v) is 4.80. The highest BCUT2D eigenvalue weighted by atomic mass is 35.5. The molecule has 2 aromatic rings. The van der Waals surface area contributed by atoms with Crippen molar-refractivity contribution in [2.45, 2.75) is 38.6 Å². The molecule has 0 bridgehead atoms. The van der Waals surface area contributed by atoms with Crippen molar-refractivity contribution in [2.75, 3.05) is 7.05 Å². The summed E-state index contributed by atoms with van der Waals surface area (Å²) in [6.07, 6.45) is 4.80. The Morgan fingerprint density at radius 2 is 1.90 bits per heavy atom. The van der Waals surface area contributed by atoms with Gasteiger partial charge in [0.2, 0.25) is 0 Å². The molecule has 1 atom stereocenters. The van der Waals surface area contributed by atoms with Crippen LogP contribution in [-0.4, -0.2) is 7.05 Å². The normalized spacial score (nSPS) is 15.0. The van der Waals surface area contributed by atoms with E-state index in [0.29, 0.717) is 6.04 Å². The molecule has 0 saturated heterocycles. The van der Waals surface area contributed by atoms with Crippen molar-refractivity contribution >= 4 is 11.6 Å². The SMILES string of the molecule is CNC(Cc1ccc2c(c1)CCC2)c1cc(Cl)ccc1C. The summed E-state index contributed by atoms with van der Waals surface area (Å²) in [6.45, 7) is 2.15. The van der Waals surface area contributed by atoms with Crippen LogP contribution in [0.1, 0.15) is 40.3 Å². The van der Waals surface area contributed by atoms with Crippen LogP contribution in [0.15, 0.2) is 36.4 Å². The van der Waals surface area contributed by atoms with Crippen LogP contribution in [0.5, 0.6) is 0 Å². The van der Waals surface area contributed by atoms with Gasteiger partial charge in [-0.1, -0.05) is 35.9 Å². The van der Waals surface area contributed by atoms with Gasteiger partial charge in [-0.15, -0.1) is 0 Å². The van der Waals surface area contributed by atoms with E-state index in [-0.39, 0.29) is 0 Å². The first kappa shape index (κ1) is 14.6. The van der Waals surface area contributed by atoms with Gasteiger partial charge >= 0.3 is 0 Å². The van der Waals surface area contributed by atoms with Gasteiger partial charge in [0.05, 0.1) is 0 Å². The lowest BCUT2D eigenvalue weighted by Gasteiger charge is -2.20. The molecule has 0 aromatic heterocycles. The minimum Gasteiger partial charge on any atom is -0.313 e. The third kappa shape index (κ3) is 3.14. The minimum atomic E-state index is 0.308. The second kappa shape index (κ2) is 6.21. The standard InChI is InChI=1S/C19H22ClN/c1-13-6-9-17(20)12-18(13)19(21-2)11-14-7-8-15-4-3-5-16(15)10-14/h6-10,12,19,21H,3-5,11H2,1-2H3. The zero-order valence-corrected chi connectivity index (χ0v) is 13.5. The van der Waals surface area contributed by atoms with Gasteiger partial charge in [0.25, 0.3) is 0 Å². The summed E-state index contributed by atoms with van der Waals surface area (Å²) in [5.41, 5.74) is 7.09. The predicted molar refractivity (Wildman–Crippen MR) is 90.2 cm³/mol. The Labute approximate surface area is 132 Å². The Hall–Kier alpha value is -1.31. The highest BCUT2D eigenvalue weighted by Crippen LogP contribution is 2.27. The molecule has 1 N–H and O–H groups in total. The molecule has 0 amide bonds. The van der Waals surface area contributed by atoms with Crippen molar-refractivity contribution in [1.29, 1.82) is 0 Å². The summed E-state index contributed by atoms with van der Waals surface area (Å²) in [6, 6.07) is 13.5. The Kier molecular flexibility index (Phi) is 4.32. The Balaban J connectivity index is 1.86. The molecule has 1 nitrogen and oxygen atoms in total. The highest BCUT2D eigenvalue weighted by Gasteiger charge is 2.15. The molecule has 0 spiro atoms. The van der Waals surface area contributed by atoms with Crippen LogP contribution in [0, 0.1) is 6.92 Å². The monoisotopic (exact) mass is 299 g/mol. The zero-order valence-electron chi connectivity index (χ0n) is 12.7. The van der Waals surface area contributed by atoms with Gasteiger partial charge < -0.3 is 5.32 Å². The van der Waals surface area contributed by atoms with Gasteiger partial charge in [-0.25, -0.2) is 0 Å². The lowest BCUT2D eigenvalue weighted by atomic mass is 9.94. The minimum absolute atomic E-state index is 0.308. The Morgan fingerprint density at radius 3 is 2.71 bits per heavy atom. The van der Waals surface area contributed by atoms with Crippen molar-refractivity contribution < 1.29 is 0 Å². The molecular weight excluding hydrogens is 278 g/mol. The molecule has 110 valence electrons. The molecule has 0 aliphatic heterocycles. The van der Waals surface area contributed by atoms with E-state index >= 15 is 0 Å². The van der Waals surface area contributed by atoms with E-state index < -0.39 is 0 Å². The molecule has 0 radical (unpaired) electrons. The number of benzene rings is 2. The van der Waals surface area contributed by atoms with E-state index in [1.807, 2.05) is 13.1 Å². The largest absolute Gasteiger partial charge is 0.313 e. The third-order valence-electron chi connectivity index (χ3n) is 4.57.